The second-order valence-corrected chi connectivity index (χ2v) is 7.03. The van der Waals surface area contributed by atoms with E-state index >= 15 is 0 Å². The van der Waals surface area contributed by atoms with Crippen molar-refractivity contribution in [1.82, 2.24) is 0 Å². The van der Waals surface area contributed by atoms with Crippen molar-refractivity contribution in [3.8, 4) is 0 Å². The van der Waals surface area contributed by atoms with Crippen LogP contribution >= 0.6 is 0 Å². The average molecular weight is 133 g/mol. The van der Waals surface area contributed by atoms with Crippen LogP contribution in [0.3, 0.4) is 0 Å². The maximum absolute atomic E-state index is 2.30. The Morgan fingerprint density at radius 2 is 1.60 bits per heavy atom. The molecule has 0 amide bonds. The van der Waals surface area contributed by atoms with E-state index < -0.39 is 0 Å². The molecule has 0 aromatic heterocycles. The van der Waals surface area contributed by atoms with Gasteiger partial charge < -0.3 is 0 Å². The van der Waals surface area contributed by atoms with E-state index in [1.54, 1.807) is 0 Å². The Morgan fingerprint density at radius 1 is 1.20 bits per heavy atom. The van der Waals surface area contributed by atoms with Crippen LogP contribution < -0.4 is 0 Å². The Hall–Kier alpha value is 0.543. The van der Waals surface area contributed by atoms with E-state index in [0.717, 1.165) is 0 Å². The number of hydrogen-bond acceptors (Lipinski definition) is 0. The molecule has 0 rings (SSSR count). The Morgan fingerprint density at radius 3 is 1.60 bits per heavy atom. The summed E-state index contributed by atoms with van der Waals surface area (Å²) in [7, 11) is 0. The van der Waals surface area contributed by atoms with E-state index in [2.05, 4.69) is 13.8 Å². The zero-order chi connectivity index (χ0) is 4.12. The first-order valence-corrected chi connectivity index (χ1v) is 6.61. The summed E-state index contributed by atoms with van der Waals surface area (Å²) in [6.45, 7) is 4.59. The molecular formula is C4H12Ge. The van der Waals surface area contributed by atoms with E-state index in [-0.39, 0.29) is 15.4 Å². The molecule has 0 saturated carbocycles. The molecule has 32 valence electrons. The first kappa shape index (κ1) is 5.54. The van der Waals surface area contributed by atoms with E-state index in [1.165, 1.54) is 10.5 Å². The summed E-state index contributed by atoms with van der Waals surface area (Å²) >= 11 is 0.0972. The van der Waals surface area contributed by atoms with Crippen LogP contribution in [0.25, 0.3) is 0 Å². The molecule has 0 heterocycles. The summed E-state index contributed by atoms with van der Waals surface area (Å²) in [5.74, 6) is 0. The monoisotopic (exact) mass is 134 g/mol. The van der Waals surface area contributed by atoms with Crippen LogP contribution in [-0.2, 0) is 0 Å². The fourth-order valence-electron chi connectivity index (χ4n) is 0.354. The SMILES string of the molecule is C[CH2][GeH2][CH2]C. The minimum absolute atomic E-state index is 0.0972. The van der Waals surface area contributed by atoms with Crippen molar-refractivity contribution < 1.29 is 0 Å². The van der Waals surface area contributed by atoms with Gasteiger partial charge in [-0.15, -0.1) is 0 Å². The standard InChI is InChI=1S/C4H12Ge/c1-3-5-4-2/h3-5H2,1-2H3. The van der Waals surface area contributed by atoms with Gasteiger partial charge in [0.1, 0.15) is 0 Å². The van der Waals surface area contributed by atoms with Gasteiger partial charge in [-0.1, -0.05) is 0 Å². The van der Waals surface area contributed by atoms with Crippen molar-refractivity contribution in [3.63, 3.8) is 0 Å². The Labute approximate surface area is 40.4 Å². The van der Waals surface area contributed by atoms with Crippen LogP contribution in [0.2, 0.25) is 10.5 Å². The molecule has 5 heavy (non-hydrogen) atoms. The van der Waals surface area contributed by atoms with Gasteiger partial charge in [0, 0.05) is 0 Å². The van der Waals surface area contributed by atoms with Crippen molar-refractivity contribution in [2.24, 2.45) is 0 Å². The Bertz CT molecular complexity index is 11.1. The van der Waals surface area contributed by atoms with Crippen molar-refractivity contribution in [2.45, 2.75) is 24.4 Å². The summed E-state index contributed by atoms with van der Waals surface area (Å²) in [4.78, 5) is 0. The van der Waals surface area contributed by atoms with E-state index in [4.69, 9.17) is 0 Å². The first-order chi connectivity index (χ1) is 2.41. The fourth-order valence-corrected chi connectivity index (χ4v) is 1.84. The zero-order valence-electron chi connectivity index (χ0n) is 4.12. The molecule has 0 bridgehead atoms. The van der Waals surface area contributed by atoms with Crippen LogP contribution in [0.5, 0.6) is 0 Å². The predicted octanol–water partition coefficient (Wildman–Crippen LogP) is 1.03. The molecule has 0 aliphatic carbocycles. The second kappa shape index (κ2) is 4.54. The third-order valence-corrected chi connectivity index (χ3v) is 3.67. The van der Waals surface area contributed by atoms with E-state index in [0.29, 0.717) is 0 Å². The van der Waals surface area contributed by atoms with Gasteiger partial charge in [-0.3, -0.25) is 0 Å². The van der Waals surface area contributed by atoms with Gasteiger partial charge in [0.25, 0.3) is 0 Å². The van der Waals surface area contributed by atoms with Crippen LogP contribution in [0.1, 0.15) is 13.8 Å². The third-order valence-electron chi connectivity index (χ3n) is 0.707. The molecule has 0 N–H and O–H groups in total. The Kier molecular flexibility index (Phi) is 5.04. The third kappa shape index (κ3) is 4.54. The number of hydrogen-bond donors (Lipinski definition) is 0. The maximum atomic E-state index is 2.30. The first-order valence-electron chi connectivity index (χ1n) is 2.41. The summed E-state index contributed by atoms with van der Waals surface area (Å²) in [6, 6.07) is 0. The molecule has 0 aromatic carbocycles. The van der Waals surface area contributed by atoms with Crippen LogP contribution in [-0.4, -0.2) is 15.4 Å². The Balaban J connectivity index is 2.19. The minimum atomic E-state index is 0.0972. The molecule has 0 aliphatic rings. The molecule has 0 atom stereocenters. The molecule has 0 spiro atoms. The van der Waals surface area contributed by atoms with Gasteiger partial charge in [-0.05, 0) is 0 Å². The van der Waals surface area contributed by atoms with Gasteiger partial charge in [-0.25, -0.2) is 0 Å². The molecule has 0 aliphatic heterocycles. The molecule has 1 heteroatoms. The van der Waals surface area contributed by atoms with Gasteiger partial charge in [-0.2, -0.15) is 0 Å². The summed E-state index contributed by atoms with van der Waals surface area (Å²) in [5.41, 5.74) is 0. The molecule has 0 unspecified atom stereocenters. The van der Waals surface area contributed by atoms with Crippen molar-refractivity contribution in [1.29, 1.82) is 0 Å². The average Bonchev–Trinajstić information content (AvgIpc) is 1.41. The molecular weight excluding hydrogens is 121 g/mol. The molecule has 0 aromatic rings. The van der Waals surface area contributed by atoms with Crippen LogP contribution in [0, 0.1) is 0 Å². The summed E-state index contributed by atoms with van der Waals surface area (Å²) < 4.78 is 0. The van der Waals surface area contributed by atoms with Gasteiger partial charge in [0.2, 0.25) is 0 Å². The predicted molar refractivity (Wildman–Crippen MR) is 29.5 cm³/mol. The normalized spacial score (nSPS) is 8.40. The van der Waals surface area contributed by atoms with E-state index in [1.807, 2.05) is 0 Å². The molecule has 0 nitrogen and oxygen atoms in total. The van der Waals surface area contributed by atoms with Crippen molar-refractivity contribution in [2.75, 3.05) is 0 Å². The second-order valence-electron chi connectivity index (χ2n) is 1.35. The topological polar surface area (TPSA) is 0 Å². The number of rotatable bonds is 2. The molecule has 0 radical (unpaired) electrons. The fraction of sp³-hybridized carbons (Fsp3) is 1.00. The molecule has 0 fully saturated rings. The van der Waals surface area contributed by atoms with Gasteiger partial charge in [0.15, 0.2) is 0 Å². The quantitative estimate of drug-likeness (QED) is 0.493. The molecule has 0 saturated heterocycles. The summed E-state index contributed by atoms with van der Waals surface area (Å²) in [5, 5.41) is 3.06. The van der Waals surface area contributed by atoms with Gasteiger partial charge in [0.05, 0.1) is 0 Å². The van der Waals surface area contributed by atoms with Crippen LogP contribution in [0.15, 0.2) is 0 Å². The van der Waals surface area contributed by atoms with Crippen molar-refractivity contribution in [3.05, 3.63) is 0 Å². The summed E-state index contributed by atoms with van der Waals surface area (Å²) in [6.07, 6.45) is 0. The van der Waals surface area contributed by atoms with E-state index in [9.17, 15) is 0 Å². The zero-order valence-corrected chi connectivity index (χ0v) is 7.09. The van der Waals surface area contributed by atoms with Crippen molar-refractivity contribution >= 4 is 15.4 Å². The van der Waals surface area contributed by atoms with Crippen LogP contribution in [0.4, 0.5) is 0 Å². The van der Waals surface area contributed by atoms with Gasteiger partial charge >= 0.3 is 39.8 Å².